The number of rotatable bonds is 4. The molecule has 8 heteroatoms. The topological polar surface area (TPSA) is 69.4 Å². The zero-order chi connectivity index (χ0) is 22.4. The van der Waals surface area contributed by atoms with E-state index in [-0.39, 0.29) is 6.61 Å². The maximum absolute atomic E-state index is 9.54. The van der Waals surface area contributed by atoms with Crippen LogP contribution < -0.4 is 9.47 Å². The van der Waals surface area contributed by atoms with Crippen molar-refractivity contribution in [2.24, 2.45) is 0 Å². The van der Waals surface area contributed by atoms with E-state index in [9.17, 15) is 5.11 Å². The highest BCUT2D eigenvalue weighted by Gasteiger charge is 2.28. The Morgan fingerprint density at radius 3 is 2.56 bits per heavy atom. The van der Waals surface area contributed by atoms with Crippen molar-refractivity contribution in [3.05, 3.63) is 75.7 Å². The highest BCUT2D eigenvalue weighted by Crippen LogP contribution is 2.46. The standard InChI is InChI=1S/C24H19Cl2N3O3/c1-13-21-12-32-23-8-22(31-2)19(15-3-14(11-30)9-27-10-15)7-20(23)24(21)29(28-13)18-5-16(25)4-17(26)6-18/h3-10,30H,11-12H2,1-2H3. The van der Waals surface area contributed by atoms with Crippen LogP contribution in [0.2, 0.25) is 10.0 Å². The molecule has 0 saturated heterocycles. The van der Waals surface area contributed by atoms with Gasteiger partial charge in [0.15, 0.2) is 0 Å². The van der Waals surface area contributed by atoms with Crippen LogP contribution in [0.15, 0.2) is 48.8 Å². The third kappa shape index (κ3) is 3.50. The van der Waals surface area contributed by atoms with Gasteiger partial charge in [-0.3, -0.25) is 4.98 Å². The molecule has 0 unspecified atom stereocenters. The minimum atomic E-state index is -0.0944. The van der Waals surface area contributed by atoms with Crippen molar-refractivity contribution in [3.8, 4) is 39.6 Å². The predicted molar refractivity (Wildman–Crippen MR) is 124 cm³/mol. The summed E-state index contributed by atoms with van der Waals surface area (Å²) < 4.78 is 13.6. The highest BCUT2D eigenvalue weighted by atomic mass is 35.5. The van der Waals surface area contributed by atoms with Gasteiger partial charge >= 0.3 is 0 Å². The van der Waals surface area contributed by atoms with Gasteiger partial charge in [-0.05, 0) is 42.8 Å². The number of pyridine rings is 1. The van der Waals surface area contributed by atoms with Gasteiger partial charge < -0.3 is 14.6 Å². The van der Waals surface area contributed by atoms with Crippen LogP contribution in [0.5, 0.6) is 11.5 Å². The van der Waals surface area contributed by atoms with Gasteiger partial charge in [-0.25, -0.2) is 4.68 Å². The molecule has 0 saturated carbocycles. The zero-order valence-electron chi connectivity index (χ0n) is 17.4. The van der Waals surface area contributed by atoms with Gasteiger partial charge in [0.25, 0.3) is 0 Å². The number of aryl methyl sites for hydroxylation is 1. The molecule has 3 heterocycles. The lowest BCUT2D eigenvalue weighted by Crippen LogP contribution is -2.09. The minimum Gasteiger partial charge on any atom is -0.496 e. The van der Waals surface area contributed by atoms with E-state index in [0.717, 1.165) is 39.3 Å². The van der Waals surface area contributed by atoms with E-state index < -0.39 is 0 Å². The number of hydrogen-bond acceptors (Lipinski definition) is 5. The summed E-state index contributed by atoms with van der Waals surface area (Å²) in [7, 11) is 1.62. The summed E-state index contributed by atoms with van der Waals surface area (Å²) >= 11 is 12.5. The first-order chi connectivity index (χ1) is 15.5. The maximum atomic E-state index is 9.54. The molecule has 0 fully saturated rings. The fraction of sp³-hybridized carbons (Fsp3) is 0.167. The fourth-order valence-electron chi connectivity index (χ4n) is 3.99. The molecule has 2 aromatic heterocycles. The van der Waals surface area contributed by atoms with Crippen LogP contribution in [0, 0.1) is 6.92 Å². The second kappa shape index (κ2) is 8.13. The molecule has 1 aliphatic heterocycles. The summed E-state index contributed by atoms with van der Waals surface area (Å²) in [5.74, 6) is 1.34. The fourth-order valence-corrected chi connectivity index (χ4v) is 4.50. The number of benzene rings is 2. The first-order valence-electron chi connectivity index (χ1n) is 9.94. The molecule has 0 atom stereocenters. The van der Waals surface area contributed by atoms with Crippen LogP contribution in [0.1, 0.15) is 16.8 Å². The molecule has 4 aromatic rings. The summed E-state index contributed by atoms with van der Waals surface area (Å²) in [6.07, 6.45) is 3.38. The Morgan fingerprint density at radius 2 is 1.84 bits per heavy atom. The Labute approximate surface area is 195 Å². The molecule has 0 bridgehead atoms. The molecule has 6 nitrogen and oxygen atoms in total. The average Bonchev–Trinajstić information content (AvgIpc) is 3.14. The first-order valence-corrected chi connectivity index (χ1v) is 10.7. The molecule has 0 aliphatic carbocycles. The second-order valence-electron chi connectivity index (χ2n) is 7.53. The Morgan fingerprint density at radius 1 is 1.06 bits per heavy atom. The monoisotopic (exact) mass is 467 g/mol. The Kier molecular flexibility index (Phi) is 5.29. The molecule has 0 amide bonds. The van der Waals surface area contributed by atoms with Crippen molar-refractivity contribution in [2.45, 2.75) is 20.1 Å². The summed E-state index contributed by atoms with van der Waals surface area (Å²) in [6.45, 7) is 2.25. The SMILES string of the molecule is COc1cc2c(cc1-c1cncc(CO)c1)-c1c(c(C)nn1-c1cc(Cl)cc(Cl)c1)CO2. The summed E-state index contributed by atoms with van der Waals surface area (Å²) in [6, 6.07) is 11.1. The van der Waals surface area contributed by atoms with Crippen LogP contribution in [0.25, 0.3) is 28.1 Å². The zero-order valence-corrected chi connectivity index (χ0v) is 18.9. The average molecular weight is 468 g/mol. The number of nitrogens with zero attached hydrogens (tertiary/aromatic N) is 3. The number of methoxy groups -OCH3 is 1. The molecule has 32 heavy (non-hydrogen) atoms. The van der Waals surface area contributed by atoms with Crippen LogP contribution in [-0.4, -0.2) is 27.0 Å². The van der Waals surface area contributed by atoms with E-state index >= 15 is 0 Å². The lowest BCUT2D eigenvalue weighted by molar-refractivity contribution is 0.281. The van der Waals surface area contributed by atoms with E-state index in [0.29, 0.717) is 33.7 Å². The number of halogens is 2. The van der Waals surface area contributed by atoms with E-state index in [2.05, 4.69) is 4.98 Å². The van der Waals surface area contributed by atoms with Crippen molar-refractivity contribution >= 4 is 23.2 Å². The summed E-state index contributed by atoms with van der Waals surface area (Å²) in [5.41, 5.74) is 6.78. The van der Waals surface area contributed by atoms with Gasteiger partial charge in [0.05, 0.1) is 30.8 Å². The van der Waals surface area contributed by atoms with Crippen LogP contribution in [-0.2, 0) is 13.2 Å². The molecular formula is C24H19Cl2N3O3. The number of aliphatic hydroxyl groups excluding tert-OH is 1. The van der Waals surface area contributed by atoms with E-state index in [4.69, 9.17) is 37.8 Å². The smallest absolute Gasteiger partial charge is 0.132 e. The van der Waals surface area contributed by atoms with Gasteiger partial charge in [0.1, 0.15) is 18.1 Å². The molecule has 5 rings (SSSR count). The number of ether oxygens (including phenoxy) is 2. The Hall–Kier alpha value is -3.06. The molecule has 162 valence electrons. The summed E-state index contributed by atoms with van der Waals surface area (Å²) in [5, 5.41) is 15.4. The van der Waals surface area contributed by atoms with Crippen molar-refractivity contribution in [3.63, 3.8) is 0 Å². The largest absolute Gasteiger partial charge is 0.496 e. The van der Waals surface area contributed by atoms with Crippen LogP contribution >= 0.6 is 23.2 Å². The van der Waals surface area contributed by atoms with E-state index in [1.807, 2.05) is 41.9 Å². The molecular weight excluding hydrogens is 449 g/mol. The number of aromatic nitrogens is 3. The normalized spacial score (nSPS) is 12.2. The number of fused-ring (bicyclic) bond motifs is 3. The Balaban J connectivity index is 1.76. The highest BCUT2D eigenvalue weighted by molar-refractivity contribution is 6.34. The van der Waals surface area contributed by atoms with Crippen molar-refractivity contribution < 1.29 is 14.6 Å². The molecule has 0 radical (unpaired) electrons. The van der Waals surface area contributed by atoms with E-state index in [1.165, 1.54) is 0 Å². The molecule has 1 aliphatic rings. The van der Waals surface area contributed by atoms with Crippen molar-refractivity contribution in [2.75, 3.05) is 7.11 Å². The minimum absolute atomic E-state index is 0.0944. The Bertz CT molecular complexity index is 1330. The first kappa shape index (κ1) is 20.8. The van der Waals surface area contributed by atoms with Crippen LogP contribution in [0.4, 0.5) is 0 Å². The molecule has 1 N–H and O–H groups in total. The number of hydrogen-bond donors (Lipinski definition) is 1. The second-order valence-corrected chi connectivity index (χ2v) is 8.40. The maximum Gasteiger partial charge on any atom is 0.132 e. The van der Waals surface area contributed by atoms with Gasteiger partial charge in [-0.15, -0.1) is 0 Å². The lowest BCUT2D eigenvalue weighted by atomic mass is 9.96. The lowest BCUT2D eigenvalue weighted by Gasteiger charge is -2.22. The number of aliphatic hydroxyl groups is 1. The third-order valence-electron chi connectivity index (χ3n) is 5.49. The van der Waals surface area contributed by atoms with Gasteiger partial charge in [-0.2, -0.15) is 5.10 Å². The van der Waals surface area contributed by atoms with Gasteiger partial charge in [-0.1, -0.05) is 23.2 Å². The summed E-state index contributed by atoms with van der Waals surface area (Å²) in [4.78, 5) is 4.26. The third-order valence-corrected chi connectivity index (χ3v) is 5.93. The van der Waals surface area contributed by atoms with Crippen molar-refractivity contribution in [1.82, 2.24) is 14.8 Å². The predicted octanol–water partition coefficient (Wildman–Crippen LogP) is 5.61. The quantitative estimate of drug-likeness (QED) is 0.422. The molecule has 2 aromatic carbocycles. The van der Waals surface area contributed by atoms with Crippen molar-refractivity contribution in [1.29, 1.82) is 0 Å². The van der Waals surface area contributed by atoms with Crippen LogP contribution in [0.3, 0.4) is 0 Å². The molecule has 0 spiro atoms. The van der Waals surface area contributed by atoms with Gasteiger partial charge in [0, 0.05) is 50.8 Å². The van der Waals surface area contributed by atoms with E-state index in [1.54, 1.807) is 25.6 Å². The van der Waals surface area contributed by atoms with Gasteiger partial charge in [0.2, 0.25) is 0 Å².